The molecule has 6 nitrogen and oxygen atoms in total. The van der Waals surface area contributed by atoms with Crippen molar-refractivity contribution in [2.24, 2.45) is 0 Å². The fourth-order valence-electron chi connectivity index (χ4n) is 3.09. The van der Waals surface area contributed by atoms with E-state index in [-0.39, 0.29) is 5.91 Å². The molecule has 0 aliphatic rings. The maximum atomic E-state index is 12.3. The van der Waals surface area contributed by atoms with E-state index in [4.69, 9.17) is 14.2 Å². The van der Waals surface area contributed by atoms with Crippen LogP contribution in [0.2, 0.25) is 0 Å². The number of nitrogens with one attached hydrogen (secondary N) is 1. The number of hydrogen-bond donors (Lipinski definition) is 1. The number of aryl methyl sites for hydroxylation is 1. The first-order valence-electron chi connectivity index (χ1n) is 10.6. The Labute approximate surface area is 193 Å². The van der Waals surface area contributed by atoms with E-state index >= 15 is 0 Å². The van der Waals surface area contributed by atoms with Crippen molar-refractivity contribution in [3.63, 3.8) is 0 Å². The molecule has 1 amide bonds. The lowest BCUT2D eigenvalue weighted by molar-refractivity contribution is -0.111. The Kier molecular flexibility index (Phi) is 8.24. The van der Waals surface area contributed by atoms with Gasteiger partial charge in [0.05, 0.1) is 19.3 Å². The Morgan fingerprint density at radius 2 is 1.73 bits per heavy atom. The number of ether oxygens (including phenoxy) is 3. The van der Waals surface area contributed by atoms with E-state index in [0.717, 1.165) is 16.7 Å². The van der Waals surface area contributed by atoms with Crippen molar-refractivity contribution < 1.29 is 23.8 Å². The van der Waals surface area contributed by atoms with Crippen LogP contribution in [0.15, 0.2) is 72.8 Å². The van der Waals surface area contributed by atoms with Gasteiger partial charge in [-0.25, -0.2) is 4.79 Å². The summed E-state index contributed by atoms with van der Waals surface area (Å²) in [5, 5.41) is 2.76. The van der Waals surface area contributed by atoms with Gasteiger partial charge >= 0.3 is 5.97 Å². The van der Waals surface area contributed by atoms with Gasteiger partial charge in [-0.1, -0.05) is 30.3 Å². The van der Waals surface area contributed by atoms with E-state index in [0.29, 0.717) is 36.0 Å². The highest BCUT2D eigenvalue weighted by atomic mass is 16.5. The smallest absolute Gasteiger partial charge is 0.338 e. The Morgan fingerprint density at radius 1 is 0.970 bits per heavy atom. The molecule has 0 atom stereocenters. The third-order valence-corrected chi connectivity index (χ3v) is 4.92. The monoisotopic (exact) mass is 445 g/mol. The Bertz CT molecular complexity index is 1140. The number of benzene rings is 3. The lowest BCUT2D eigenvalue weighted by Crippen LogP contribution is -2.08. The summed E-state index contributed by atoms with van der Waals surface area (Å²) in [4.78, 5) is 24.0. The molecule has 1 N–H and O–H groups in total. The van der Waals surface area contributed by atoms with Crippen LogP contribution in [0, 0.1) is 6.92 Å². The molecule has 0 bridgehead atoms. The van der Waals surface area contributed by atoms with Crippen LogP contribution in [-0.2, 0) is 16.1 Å². The van der Waals surface area contributed by atoms with E-state index in [1.54, 1.807) is 44.4 Å². The maximum Gasteiger partial charge on any atom is 0.338 e. The van der Waals surface area contributed by atoms with Crippen LogP contribution in [0.3, 0.4) is 0 Å². The van der Waals surface area contributed by atoms with Crippen LogP contribution < -0.4 is 14.8 Å². The third-order valence-electron chi connectivity index (χ3n) is 4.92. The van der Waals surface area contributed by atoms with Crippen LogP contribution in [0.5, 0.6) is 11.5 Å². The van der Waals surface area contributed by atoms with Gasteiger partial charge in [0.25, 0.3) is 0 Å². The highest BCUT2D eigenvalue weighted by molar-refractivity contribution is 6.02. The van der Waals surface area contributed by atoms with Crippen molar-refractivity contribution in [3.8, 4) is 11.5 Å². The van der Waals surface area contributed by atoms with E-state index in [1.807, 2.05) is 49.4 Å². The number of anilines is 1. The largest absolute Gasteiger partial charge is 0.493 e. The summed E-state index contributed by atoms with van der Waals surface area (Å²) < 4.78 is 16.3. The molecule has 0 fully saturated rings. The zero-order valence-electron chi connectivity index (χ0n) is 19.0. The standard InChI is InChI=1S/C27H27NO5/c1-4-32-27(30)21-11-13-23(14-12-21)28-26(29)16-10-20-9-15-24(25(17-20)31-3)33-18-22-8-6-5-7-19(22)2/h5-17H,4,18H2,1-3H3,(H,28,29)/b16-10+. The van der Waals surface area contributed by atoms with E-state index in [9.17, 15) is 9.59 Å². The van der Waals surface area contributed by atoms with Gasteiger partial charge in [-0.3, -0.25) is 4.79 Å². The van der Waals surface area contributed by atoms with Crippen molar-refractivity contribution in [2.75, 3.05) is 19.0 Å². The molecule has 33 heavy (non-hydrogen) atoms. The maximum absolute atomic E-state index is 12.3. The Morgan fingerprint density at radius 3 is 2.42 bits per heavy atom. The van der Waals surface area contributed by atoms with Crippen molar-refractivity contribution in [2.45, 2.75) is 20.5 Å². The first kappa shape index (κ1) is 23.6. The zero-order valence-corrected chi connectivity index (χ0v) is 19.0. The lowest BCUT2D eigenvalue weighted by atomic mass is 10.1. The summed E-state index contributed by atoms with van der Waals surface area (Å²) >= 11 is 0. The summed E-state index contributed by atoms with van der Waals surface area (Å²) in [5.74, 6) is 0.526. The molecule has 170 valence electrons. The van der Waals surface area contributed by atoms with E-state index in [1.165, 1.54) is 6.08 Å². The fraction of sp³-hybridized carbons (Fsp3) is 0.185. The quantitative estimate of drug-likeness (QED) is 0.352. The predicted molar refractivity (Wildman–Crippen MR) is 129 cm³/mol. The molecule has 3 rings (SSSR count). The first-order chi connectivity index (χ1) is 16.0. The molecule has 6 heteroatoms. The van der Waals surface area contributed by atoms with Gasteiger partial charge in [0.1, 0.15) is 6.61 Å². The molecular weight excluding hydrogens is 418 g/mol. The normalized spacial score (nSPS) is 10.6. The SMILES string of the molecule is CCOC(=O)c1ccc(NC(=O)/C=C/c2ccc(OCc3ccccc3C)c(OC)c2)cc1. The van der Waals surface area contributed by atoms with Gasteiger partial charge in [-0.15, -0.1) is 0 Å². The molecule has 0 unspecified atom stereocenters. The molecule has 3 aromatic rings. The Hall–Kier alpha value is -4.06. The Balaban J connectivity index is 1.60. The summed E-state index contributed by atoms with van der Waals surface area (Å²) in [6.45, 7) is 4.55. The first-order valence-corrected chi connectivity index (χ1v) is 10.6. The summed E-state index contributed by atoms with van der Waals surface area (Å²) in [6.07, 6.45) is 3.12. The molecule has 0 aliphatic carbocycles. The second-order valence-electron chi connectivity index (χ2n) is 7.25. The minimum Gasteiger partial charge on any atom is -0.493 e. The molecule has 3 aromatic carbocycles. The van der Waals surface area contributed by atoms with Crippen LogP contribution in [0.4, 0.5) is 5.69 Å². The summed E-state index contributed by atoms with van der Waals surface area (Å²) in [7, 11) is 1.58. The molecule has 0 spiro atoms. The van der Waals surface area contributed by atoms with Crippen LogP contribution in [0.1, 0.15) is 34.0 Å². The van der Waals surface area contributed by atoms with Crippen LogP contribution in [0.25, 0.3) is 6.08 Å². The van der Waals surface area contributed by atoms with Gasteiger partial charge in [0, 0.05) is 11.8 Å². The highest BCUT2D eigenvalue weighted by Crippen LogP contribution is 2.29. The number of methoxy groups -OCH3 is 1. The molecule has 0 saturated carbocycles. The molecule has 0 radical (unpaired) electrons. The number of carbonyl (C=O) groups is 2. The highest BCUT2D eigenvalue weighted by Gasteiger charge is 2.08. The number of amides is 1. The second kappa shape index (κ2) is 11.5. The minimum atomic E-state index is -0.393. The van der Waals surface area contributed by atoms with E-state index in [2.05, 4.69) is 5.32 Å². The van der Waals surface area contributed by atoms with Crippen molar-refractivity contribution >= 4 is 23.6 Å². The molecule has 0 aromatic heterocycles. The average Bonchev–Trinajstić information content (AvgIpc) is 2.83. The minimum absolute atomic E-state index is 0.294. The van der Waals surface area contributed by atoms with E-state index < -0.39 is 5.97 Å². The number of rotatable bonds is 9. The predicted octanol–water partition coefficient (Wildman–Crippen LogP) is 5.41. The van der Waals surface area contributed by atoms with Crippen molar-refractivity contribution in [3.05, 3.63) is 95.1 Å². The summed E-state index contributed by atoms with van der Waals surface area (Å²) in [6, 6.07) is 20.1. The van der Waals surface area contributed by atoms with Crippen molar-refractivity contribution in [1.29, 1.82) is 0 Å². The molecular formula is C27H27NO5. The second-order valence-corrected chi connectivity index (χ2v) is 7.25. The zero-order chi connectivity index (χ0) is 23.6. The number of esters is 1. The van der Waals surface area contributed by atoms with Crippen molar-refractivity contribution in [1.82, 2.24) is 0 Å². The average molecular weight is 446 g/mol. The van der Waals surface area contributed by atoms with Crippen LogP contribution in [-0.4, -0.2) is 25.6 Å². The van der Waals surface area contributed by atoms with Gasteiger partial charge < -0.3 is 19.5 Å². The van der Waals surface area contributed by atoms with Gasteiger partial charge in [-0.05, 0) is 73.0 Å². The summed E-state index contributed by atoms with van der Waals surface area (Å²) in [5.41, 5.74) is 4.08. The number of hydrogen-bond acceptors (Lipinski definition) is 5. The third kappa shape index (κ3) is 6.71. The van der Waals surface area contributed by atoms with Crippen LogP contribution >= 0.6 is 0 Å². The molecule has 0 saturated heterocycles. The lowest BCUT2D eigenvalue weighted by Gasteiger charge is -2.12. The topological polar surface area (TPSA) is 73.9 Å². The fourth-order valence-corrected chi connectivity index (χ4v) is 3.09. The molecule has 0 aliphatic heterocycles. The number of carbonyl (C=O) groups excluding carboxylic acids is 2. The van der Waals surface area contributed by atoms with Gasteiger partial charge in [0.2, 0.25) is 5.91 Å². The van der Waals surface area contributed by atoms with Gasteiger partial charge in [-0.2, -0.15) is 0 Å². The molecule has 0 heterocycles. The van der Waals surface area contributed by atoms with Gasteiger partial charge in [0.15, 0.2) is 11.5 Å².